The van der Waals surface area contributed by atoms with Crippen LogP contribution >= 0.6 is 0 Å². The second-order valence-electron chi connectivity index (χ2n) is 10.3. The van der Waals surface area contributed by atoms with Crippen LogP contribution in [-0.4, -0.2) is 34.8 Å². The minimum absolute atomic E-state index is 0.0130. The normalized spacial score (nSPS) is 22.7. The molecule has 0 spiro atoms. The van der Waals surface area contributed by atoms with Crippen molar-refractivity contribution in [3.8, 4) is 0 Å². The second kappa shape index (κ2) is 10.0. The highest BCUT2D eigenvalue weighted by Crippen LogP contribution is 2.42. The van der Waals surface area contributed by atoms with Crippen LogP contribution in [0.4, 0.5) is 13.2 Å². The number of amides is 2. The number of carbonyl (C=O) groups excluding carboxylic acids is 2. The fraction of sp³-hybridized carbons (Fsp3) is 0.481. The first-order valence-electron chi connectivity index (χ1n) is 12.1. The van der Waals surface area contributed by atoms with Crippen molar-refractivity contribution in [2.24, 2.45) is 17.1 Å². The Hall–Kier alpha value is -2.87. The van der Waals surface area contributed by atoms with Crippen molar-refractivity contribution in [3.63, 3.8) is 0 Å². The highest BCUT2D eigenvalue weighted by Gasteiger charge is 2.50. The monoisotopic (exact) mass is 487 g/mol. The van der Waals surface area contributed by atoms with Crippen LogP contribution in [0.15, 0.2) is 42.5 Å². The molecule has 2 amide bonds. The first-order valence-corrected chi connectivity index (χ1v) is 12.1. The molecule has 2 aliphatic rings. The topological polar surface area (TPSA) is 75.4 Å². The molecule has 2 heterocycles. The van der Waals surface area contributed by atoms with Gasteiger partial charge in [0.2, 0.25) is 11.8 Å². The summed E-state index contributed by atoms with van der Waals surface area (Å²) in [5, 5.41) is 2.88. The zero-order chi connectivity index (χ0) is 25.3. The van der Waals surface area contributed by atoms with E-state index in [4.69, 9.17) is 5.73 Å². The summed E-state index contributed by atoms with van der Waals surface area (Å²) in [7, 11) is 0. The van der Waals surface area contributed by atoms with Crippen LogP contribution in [0.1, 0.15) is 50.7 Å². The largest absolute Gasteiger partial charge is 0.351 e. The first-order chi connectivity index (χ1) is 16.6. The molecule has 0 saturated carbocycles. The lowest BCUT2D eigenvalue weighted by molar-refractivity contribution is -0.152. The van der Waals surface area contributed by atoms with E-state index in [-0.39, 0.29) is 41.8 Å². The van der Waals surface area contributed by atoms with Crippen LogP contribution < -0.4 is 11.1 Å². The van der Waals surface area contributed by atoms with Gasteiger partial charge in [-0.3, -0.25) is 9.59 Å². The number of fused-ring (bicyclic) bond motifs is 2. The molecule has 2 aromatic carbocycles. The van der Waals surface area contributed by atoms with E-state index in [0.29, 0.717) is 25.5 Å². The molecule has 0 aromatic heterocycles. The van der Waals surface area contributed by atoms with Gasteiger partial charge in [-0.05, 0) is 69.1 Å². The van der Waals surface area contributed by atoms with Gasteiger partial charge in [0.25, 0.3) is 0 Å². The van der Waals surface area contributed by atoms with Crippen molar-refractivity contribution in [2.45, 2.75) is 70.6 Å². The third-order valence-corrected chi connectivity index (χ3v) is 7.55. The number of rotatable bonds is 7. The number of nitrogens with two attached hydrogens (primary N) is 1. The van der Waals surface area contributed by atoms with Crippen molar-refractivity contribution < 1.29 is 22.8 Å². The molecule has 35 heavy (non-hydrogen) atoms. The first kappa shape index (κ1) is 25.2. The average molecular weight is 488 g/mol. The molecule has 3 N–H and O–H groups in total. The Labute approximate surface area is 203 Å². The van der Waals surface area contributed by atoms with Crippen LogP contribution in [-0.2, 0) is 22.6 Å². The molecule has 4 rings (SSSR count). The number of nitrogens with zero attached hydrogens (tertiary/aromatic N) is 1. The quantitative estimate of drug-likeness (QED) is 0.456. The minimum Gasteiger partial charge on any atom is -0.351 e. The van der Waals surface area contributed by atoms with Crippen LogP contribution in [0, 0.1) is 28.8 Å². The number of carbonyl (C=O) groups is 2. The average Bonchev–Trinajstić information content (AvgIpc) is 3.09. The van der Waals surface area contributed by atoms with Crippen molar-refractivity contribution in [1.82, 2.24) is 10.2 Å². The van der Waals surface area contributed by atoms with Crippen LogP contribution in [0.3, 0.4) is 0 Å². The van der Waals surface area contributed by atoms with Crippen LogP contribution in [0.25, 0.3) is 0 Å². The second-order valence-corrected chi connectivity index (χ2v) is 10.3. The van der Waals surface area contributed by atoms with Crippen molar-refractivity contribution in [3.05, 3.63) is 71.0 Å². The van der Waals surface area contributed by atoms with E-state index in [0.717, 1.165) is 24.5 Å². The van der Waals surface area contributed by atoms with E-state index in [1.807, 2.05) is 35.2 Å². The maximum atomic E-state index is 14.1. The smallest absolute Gasteiger partial charge is 0.238 e. The van der Waals surface area contributed by atoms with Gasteiger partial charge in [-0.2, -0.15) is 0 Å². The number of hydrogen-bond donors (Lipinski definition) is 2. The van der Waals surface area contributed by atoms with Crippen LogP contribution in [0.2, 0.25) is 0 Å². The van der Waals surface area contributed by atoms with E-state index in [1.54, 1.807) is 13.8 Å². The van der Waals surface area contributed by atoms with E-state index in [9.17, 15) is 22.8 Å². The van der Waals surface area contributed by atoms with Gasteiger partial charge >= 0.3 is 0 Å². The number of nitrogens with one attached hydrogen (secondary N) is 1. The zero-order valence-electron chi connectivity index (χ0n) is 20.1. The van der Waals surface area contributed by atoms with Gasteiger partial charge in [0, 0.05) is 30.7 Å². The minimum atomic E-state index is -1.22. The standard InChI is InChI=1S/C27H32F3N3O2/c1-27(2,25(34)32-15-16-6-4-3-5-7-16)26(35)33-19-8-9-20(33)11-18(10-19)24(31)13-17-12-22(29)23(30)14-21(17)28/h3-7,12,14,18-20,24H,8-11,13,15,31H2,1-2H3,(H,32,34)/t18?,19-,20+,24-/m1/s1. The van der Waals surface area contributed by atoms with E-state index in [2.05, 4.69) is 5.32 Å². The Kier molecular flexibility index (Phi) is 7.22. The maximum absolute atomic E-state index is 14.1. The summed E-state index contributed by atoms with van der Waals surface area (Å²) in [6, 6.07) is 10.4. The van der Waals surface area contributed by atoms with Gasteiger partial charge in [0.1, 0.15) is 11.2 Å². The Morgan fingerprint density at radius 1 is 1.03 bits per heavy atom. The van der Waals surface area contributed by atoms with Crippen LogP contribution in [0.5, 0.6) is 0 Å². The molecule has 2 saturated heterocycles. The molecule has 0 radical (unpaired) electrons. The molecule has 2 aromatic rings. The fourth-order valence-electron chi connectivity index (χ4n) is 5.46. The number of benzene rings is 2. The lowest BCUT2D eigenvalue weighted by atomic mass is 9.81. The van der Waals surface area contributed by atoms with Gasteiger partial charge in [0.15, 0.2) is 11.6 Å². The van der Waals surface area contributed by atoms with Crippen molar-refractivity contribution in [1.29, 1.82) is 0 Å². The Balaban J connectivity index is 1.39. The number of hydrogen-bond acceptors (Lipinski definition) is 3. The van der Waals surface area contributed by atoms with Crippen molar-refractivity contribution >= 4 is 11.8 Å². The molecule has 188 valence electrons. The summed E-state index contributed by atoms with van der Waals surface area (Å²) >= 11 is 0. The molecule has 4 atom stereocenters. The molecular formula is C27H32F3N3O2. The predicted molar refractivity (Wildman–Crippen MR) is 126 cm³/mol. The summed E-state index contributed by atoms with van der Waals surface area (Å²) in [5.41, 5.74) is 6.18. The summed E-state index contributed by atoms with van der Waals surface area (Å²) < 4.78 is 41.0. The summed E-state index contributed by atoms with van der Waals surface area (Å²) in [5.74, 6) is -3.63. The summed E-state index contributed by atoms with van der Waals surface area (Å²) in [4.78, 5) is 28.3. The summed E-state index contributed by atoms with van der Waals surface area (Å²) in [6.45, 7) is 3.65. The van der Waals surface area contributed by atoms with Gasteiger partial charge in [-0.25, -0.2) is 13.2 Å². The van der Waals surface area contributed by atoms with E-state index in [1.165, 1.54) is 0 Å². The Bertz CT molecular complexity index is 1080. The third kappa shape index (κ3) is 5.22. The molecule has 8 heteroatoms. The molecule has 1 unspecified atom stereocenters. The third-order valence-electron chi connectivity index (χ3n) is 7.55. The molecule has 2 aliphatic heterocycles. The van der Waals surface area contributed by atoms with Gasteiger partial charge < -0.3 is 16.0 Å². The Morgan fingerprint density at radius 2 is 1.63 bits per heavy atom. The van der Waals surface area contributed by atoms with Gasteiger partial charge in [-0.1, -0.05) is 30.3 Å². The number of halogens is 3. The van der Waals surface area contributed by atoms with E-state index >= 15 is 0 Å². The summed E-state index contributed by atoms with van der Waals surface area (Å²) in [6.07, 6.45) is 3.00. The fourth-order valence-corrected chi connectivity index (χ4v) is 5.46. The Morgan fingerprint density at radius 3 is 2.26 bits per heavy atom. The molecule has 2 bridgehead atoms. The van der Waals surface area contributed by atoms with Gasteiger partial charge in [0.05, 0.1) is 0 Å². The lowest BCUT2D eigenvalue weighted by Gasteiger charge is -2.43. The zero-order valence-corrected chi connectivity index (χ0v) is 20.1. The molecule has 2 fully saturated rings. The lowest BCUT2D eigenvalue weighted by Crippen LogP contribution is -2.56. The molecule has 0 aliphatic carbocycles. The molecular weight excluding hydrogens is 455 g/mol. The van der Waals surface area contributed by atoms with E-state index < -0.39 is 28.9 Å². The number of piperidine rings is 1. The highest BCUT2D eigenvalue weighted by atomic mass is 19.2. The van der Waals surface area contributed by atoms with Gasteiger partial charge in [-0.15, -0.1) is 0 Å². The SMILES string of the molecule is CC(C)(C(=O)NCc1ccccc1)C(=O)N1[C@@H]2CC[C@H]1CC([C@H](N)Cc1cc(F)c(F)cc1F)C2. The maximum Gasteiger partial charge on any atom is 0.238 e. The molecule has 5 nitrogen and oxygen atoms in total. The van der Waals surface area contributed by atoms with Crippen molar-refractivity contribution in [2.75, 3.05) is 0 Å². The highest BCUT2D eigenvalue weighted by molar-refractivity contribution is 6.04. The predicted octanol–water partition coefficient (Wildman–Crippen LogP) is 4.09.